The summed E-state index contributed by atoms with van der Waals surface area (Å²) in [4.78, 5) is 18.6. The molecule has 1 atom stereocenters. The van der Waals surface area contributed by atoms with Gasteiger partial charge in [0.25, 0.3) is 0 Å². The first-order chi connectivity index (χ1) is 13.4. The molecule has 4 rings (SSSR count). The van der Waals surface area contributed by atoms with Gasteiger partial charge in [0.1, 0.15) is 5.60 Å². The Kier molecular flexibility index (Phi) is 5.02. The quantitative estimate of drug-likeness (QED) is 0.814. The van der Waals surface area contributed by atoms with Gasteiger partial charge in [-0.05, 0) is 51.3 Å². The number of likely N-dealkylation sites (tertiary alicyclic amines) is 1. The summed E-state index contributed by atoms with van der Waals surface area (Å²) in [5.41, 5.74) is 1.65. The highest BCUT2D eigenvalue weighted by Crippen LogP contribution is 2.33. The lowest BCUT2D eigenvalue weighted by atomic mass is 9.85. The summed E-state index contributed by atoms with van der Waals surface area (Å²) < 4.78 is 11.6. The molecule has 150 valence electrons. The van der Waals surface area contributed by atoms with E-state index in [1.807, 2.05) is 50.1 Å². The number of fused-ring (bicyclic) bond motifs is 1. The van der Waals surface area contributed by atoms with Gasteiger partial charge in [0.05, 0.1) is 24.8 Å². The fourth-order valence-electron chi connectivity index (χ4n) is 4.15. The van der Waals surface area contributed by atoms with Crippen molar-refractivity contribution in [3.8, 4) is 0 Å². The van der Waals surface area contributed by atoms with E-state index >= 15 is 0 Å². The summed E-state index contributed by atoms with van der Waals surface area (Å²) >= 11 is 0. The maximum atomic E-state index is 12.4. The van der Waals surface area contributed by atoms with Crippen LogP contribution in [-0.2, 0) is 9.47 Å². The topological polar surface area (TPSA) is 63.7 Å². The third-order valence-electron chi connectivity index (χ3n) is 5.57. The van der Waals surface area contributed by atoms with Gasteiger partial charge in [0, 0.05) is 30.2 Å². The van der Waals surface area contributed by atoms with Crippen LogP contribution < -0.4 is 5.32 Å². The highest BCUT2D eigenvalue weighted by molar-refractivity contribution is 5.82. The lowest BCUT2D eigenvalue weighted by Crippen LogP contribution is -2.61. The molecule has 1 N–H and O–H groups in total. The predicted octanol–water partition coefficient (Wildman–Crippen LogP) is 3.67. The molecule has 2 saturated heterocycles. The molecular formula is C22H29N3O3. The molecule has 1 spiro atoms. The standard InChI is InChI=1S/C22H29N3O3/c1-21(2,3)28-20(26)25-12-9-22(10-13-25)15-27-14-19(24-22)17-8-11-23-18-7-5-4-6-16(17)18/h4-8,11,19,24H,9-10,12-15H2,1-3H3/t19-/m0/s1. The second-order valence-electron chi connectivity index (χ2n) is 8.88. The zero-order chi connectivity index (χ0) is 19.8. The number of rotatable bonds is 1. The van der Waals surface area contributed by atoms with Crippen molar-refractivity contribution in [1.82, 2.24) is 15.2 Å². The van der Waals surface area contributed by atoms with E-state index in [1.54, 1.807) is 0 Å². The van der Waals surface area contributed by atoms with Gasteiger partial charge < -0.3 is 19.7 Å². The number of benzene rings is 1. The number of piperidine rings is 1. The highest BCUT2D eigenvalue weighted by atomic mass is 16.6. The Morgan fingerprint density at radius 1 is 1.25 bits per heavy atom. The van der Waals surface area contributed by atoms with E-state index in [-0.39, 0.29) is 17.7 Å². The SMILES string of the molecule is CC(C)(C)OC(=O)N1CCC2(CC1)COC[C@@H](c1ccnc3ccccc13)N2. The van der Waals surface area contributed by atoms with Crippen LogP contribution in [0.1, 0.15) is 45.2 Å². The number of hydrogen-bond donors (Lipinski definition) is 1. The van der Waals surface area contributed by atoms with Crippen LogP contribution in [0.15, 0.2) is 36.5 Å². The third kappa shape index (κ3) is 3.98. The summed E-state index contributed by atoms with van der Waals surface area (Å²) in [6, 6.07) is 10.4. The molecule has 28 heavy (non-hydrogen) atoms. The van der Waals surface area contributed by atoms with Gasteiger partial charge >= 0.3 is 6.09 Å². The molecule has 1 amide bonds. The molecule has 6 heteroatoms. The molecular weight excluding hydrogens is 354 g/mol. The smallest absolute Gasteiger partial charge is 0.410 e. The first-order valence-corrected chi connectivity index (χ1v) is 10.0. The van der Waals surface area contributed by atoms with Crippen LogP contribution in [0.2, 0.25) is 0 Å². The molecule has 2 aliphatic heterocycles. The van der Waals surface area contributed by atoms with E-state index in [2.05, 4.69) is 22.4 Å². The summed E-state index contributed by atoms with van der Waals surface area (Å²) in [6.45, 7) is 8.37. The van der Waals surface area contributed by atoms with Crippen molar-refractivity contribution in [3.05, 3.63) is 42.1 Å². The van der Waals surface area contributed by atoms with E-state index in [4.69, 9.17) is 9.47 Å². The minimum atomic E-state index is -0.466. The highest BCUT2D eigenvalue weighted by Gasteiger charge is 2.41. The number of nitrogens with one attached hydrogen (secondary N) is 1. The van der Waals surface area contributed by atoms with Crippen LogP contribution >= 0.6 is 0 Å². The largest absolute Gasteiger partial charge is 0.444 e. The summed E-state index contributed by atoms with van der Waals surface area (Å²) in [5.74, 6) is 0. The van der Waals surface area contributed by atoms with E-state index < -0.39 is 5.60 Å². The minimum Gasteiger partial charge on any atom is -0.444 e. The number of morpholine rings is 1. The molecule has 2 aromatic rings. The fourth-order valence-corrected chi connectivity index (χ4v) is 4.15. The van der Waals surface area contributed by atoms with Crippen molar-refractivity contribution in [3.63, 3.8) is 0 Å². The lowest BCUT2D eigenvalue weighted by molar-refractivity contribution is -0.0354. The Bertz CT molecular complexity index is 848. The van der Waals surface area contributed by atoms with Crippen molar-refractivity contribution in [2.75, 3.05) is 26.3 Å². The number of carbonyl (C=O) groups excluding carboxylic acids is 1. The van der Waals surface area contributed by atoms with Crippen LogP contribution in [0.5, 0.6) is 0 Å². The van der Waals surface area contributed by atoms with Gasteiger partial charge in [-0.2, -0.15) is 0 Å². The molecule has 0 bridgehead atoms. The molecule has 6 nitrogen and oxygen atoms in total. The van der Waals surface area contributed by atoms with E-state index in [0.29, 0.717) is 26.3 Å². The predicted molar refractivity (Wildman–Crippen MR) is 108 cm³/mol. The Balaban J connectivity index is 1.47. The minimum absolute atomic E-state index is 0.105. The second-order valence-corrected chi connectivity index (χ2v) is 8.88. The van der Waals surface area contributed by atoms with Crippen molar-refractivity contribution >= 4 is 17.0 Å². The van der Waals surface area contributed by atoms with Crippen LogP contribution in [0.3, 0.4) is 0 Å². The number of pyridine rings is 1. The van der Waals surface area contributed by atoms with E-state index in [9.17, 15) is 4.79 Å². The third-order valence-corrected chi connectivity index (χ3v) is 5.57. The normalized spacial score (nSPS) is 22.4. The molecule has 1 aromatic heterocycles. The zero-order valence-electron chi connectivity index (χ0n) is 16.9. The maximum absolute atomic E-state index is 12.4. The number of carbonyl (C=O) groups is 1. The molecule has 0 radical (unpaired) electrons. The first-order valence-electron chi connectivity index (χ1n) is 10.0. The second kappa shape index (κ2) is 7.33. The molecule has 1 aromatic carbocycles. The molecule has 2 fully saturated rings. The monoisotopic (exact) mass is 383 g/mol. The Hall–Kier alpha value is -2.18. The maximum Gasteiger partial charge on any atom is 0.410 e. The van der Waals surface area contributed by atoms with Gasteiger partial charge in [-0.1, -0.05) is 18.2 Å². The summed E-state index contributed by atoms with van der Waals surface area (Å²) in [6.07, 6.45) is 3.35. The molecule has 0 saturated carbocycles. The number of aromatic nitrogens is 1. The molecule has 3 heterocycles. The number of ether oxygens (including phenoxy) is 2. The molecule has 2 aliphatic rings. The molecule has 0 unspecified atom stereocenters. The van der Waals surface area contributed by atoms with Crippen LogP contribution in [0, 0.1) is 0 Å². The number of nitrogens with zero attached hydrogens (tertiary/aromatic N) is 2. The Morgan fingerprint density at radius 2 is 2.00 bits per heavy atom. The number of hydrogen-bond acceptors (Lipinski definition) is 5. The van der Waals surface area contributed by atoms with Crippen molar-refractivity contribution < 1.29 is 14.3 Å². The Labute approximate surface area is 166 Å². The summed E-state index contributed by atoms with van der Waals surface area (Å²) in [7, 11) is 0. The summed E-state index contributed by atoms with van der Waals surface area (Å²) in [5, 5.41) is 5.01. The van der Waals surface area contributed by atoms with Crippen molar-refractivity contribution in [1.29, 1.82) is 0 Å². The van der Waals surface area contributed by atoms with Crippen LogP contribution in [0.25, 0.3) is 10.9 Å². The van der Waals surface area contributed by atoms with E-state index in [0.717, 1.165) is 23.7 Å². The van der Waals surface area contributed by atoms with Crippen molar-refractivity contribution in [2.45, 2.75) is 50.8 Å². The van der Waals surface area contributed by atoms with Gasteiger partial charge in [0.2, 0.25) is 0 Å². The van der Waals surface area contributed by atoms with Gasteiger partial charge in [-0.3, -0.25) is 4.98 Å². The van der Waals surface area contributed by atoms with Gasteiger partial charge in [-0.25, -0.2) is 4.79 Å². The average molecular weight is 383 g/mol. The first kappa shape index (κ1) is 19.2. The van der Waals surface area contributed by atoms with Gasteiger partial charge in [0.15, 0.2) is 0 Å². The fraction of sp³-hybridized carbons (Fsp3) is 0.545. The lowest BCUT2D eigenvalue weighted by Gasteiger charge is -2.47. The van der Waals surface area contributed by atoms with Crippen LogP contribution in [0.4, 0.5) is 4.79 Å². The zero-order valence-corrected chi connectivity index (χ0v) is 16.9. The van der Waals surface area contributed by atoms with E-state index in [1.165, 1.54) is 5.56 Å². The van der Waals surface area contributed by atoms with Crippen molar-refractivity contribution in [2.24, 2.45) is 0 Å². The number of para-hydroxylation sites is 1. The van der Waals surface area contributed by atoms with Crippen LogP contribution in [-0.4, -0.2) is 53.4 Å². The average Bonchev–Trinajstić information content (AvgIpc) is 2.67. The Morgan fingerprint density at radius 3 is 2.75 bits per heavy atom. The number of amides is 1. The van der Waals surface area contributed by atoms with Gasteiger partial charge in [-0.15, -0.1) is 0 Å². The molecule has 0 aliphatic carbocycles.